The first-order valence-corrected chi connectivity index (χ1v) is 32.4. The molecule has 71 heavy (non-hydrogen) atoms. The van der Waals surface area contributed by atoms with Gasteiger partial charge >= 0.3 is 5.97 Å². The molecule has 422 valence electrons. The number of rotatable bonds is 61. The summed E-state index contributed by atoms with van der Waals surface area (Å²) in [6.07, 6.45) is 73.9. The fraction of sp³-hybridized carbons (Fsp3) is 0.938. The zero-order valence-electron chi connectivity index (χ0n) is 48.2. The zero-order valence-corrected chi connectivity index (χ0v) is 48.2. The molecule has 0 rings (SSSR count). The second-order valence-corrected chi connectivity index (χ2v) is 22.5. The summed E-state index contributed by atoms with van der Waals surface area (Å²) in [4.78, 5) is 24.5. The molecule has 0 heterocycles. The van der Waals surface area contributed by atoms with Gasteiger partial charge in [-0.15, -0.1) is 0 Å². The third-order valence-corrected chi connectivity index (χ3v) is 15.3. The third kappa shape index (κ3) is 57.7. The Morgan fingerprint density at radius 2 is 0.662 bits per heavy atom. The van der Waals surface area contributed by atoms with Crippen LogP contribution in [-0.4, -0.2) is 47.4 Å². The van der Waals surface area contributed by atoms with Gasteiger partial charge in [-0.3, -0.25) is 9.59 Å². The molecule has 3 N–H and O–H groups in total. The fourth-order valence-electron chi connectivity index (χ4n) is 10.3. The Hall–Kier alpha value is -1.40. The molecule has 2 unspecified atom stereocenters. The second kappa shape index (κ2) is 61.1. The van der Waals surface area contributed by atoms with Gasteiger partial charge in [-0.1, -0.05) is 315 Å². The van der Waals surface area contributed by atoms with Gasteiger partial charge < -0.3 is 20.3 Å². The Labute approximate surface area is 444 Å². The minimum Gasteiger partial charge on any atom is -0.466 e. The highest BCUT2D eigenvalue weighted by atomic mass is 16.5. The van der Waals surface area contributed by atoms with Gasteiger partial charge in [0.15, 0.2) is 0 Å². The summed E-state index contributed by atoms with van der Waals surface area (Å²) < 4.78 is 5.51. The molecular weight excluding hydrogens is 875 g/mol. The zero-order chi connectivity index (χ0) is 51.4. The summed E-state index contributed by atoms with van der Waals surface area (Å²) in [5, 5.41) is 23.2. The van der Waals surface area contributed by atoms with Crippen molar-refractivity contribution in [1.29, 1.82) is 0 Å². The maximum Gasteiger partial charge on any atom is 0.305 e. The van der Waals surface area contributed by atoms with Crippen LogP contribution in [0.4, 0.5) is 0 Å². The van der Waals surface area contributed by atoms with Crippen LogP contribution in [0, 0.1) is 0 Å². The SMILES string of the molecule is CCCCCCCCCCCCCCCCCCCCCC(=O)OCCCCCCCCCCCCCC/C=C\CCCCCCCCCCCC(=O)NC(CO)C(O)CCCCCCCCCCCC. The van der Waals surface area contributed by atoms with Crippen molar-refractivity contribution in [3.05, 3.63) is 12.2 Å². The van der Waals surface area contributed by atoms with Crippen LogP contribution in [-0.2, 0) is 14.3 Å². The standard InChI is InChI=1S/C65H127NO5/c1-3-5-7-9-11-13-15-16-17-18-26-30-33-36-39-43-47-51-55-59-65(70)71-60-56-52-48-44-40-37-34-31-28-25-23-21-19-20-22-24-27-29-32-35-38-42-46-50-54-58-64(69)66-62(61-67)63(68)57-53-49-45-41-14-12-10-8-6-4-2/h20,22,62-63,67-68H,3-19,21,23-61H2,1-2H3,(H,66,69)/b22-20-. The molecule has 6 heteroatoms. The molecule has 0 aromatic carbocycles. The number of hydrogen-bond donors (Lipinski definition) is 3. The summed E-state index contributed by atoms with van der Waals surface area (Å²) in [7, 11) is 0. The number of ether oxygens (including phenoxy) is 1. The normalized spacial score (nSPS) is 12.6. The Morgan fingerprint density at radius 3 is 1.00 bits per heavy atom. The van der Waals surface area contributed by atoms with E-state index in [0.717, 1.165) is 38.5 Å². The highest BCUT2D eigenvalue weighted by molar-refractivity contribution is 5.76. The largest absolute Gasteiger partial charge is 0.466 e. The Kier molecular flexibility index (Phi) is 59.9. The van der Waals surface area contributed by atoms with Crippen molar-refractivity contribution in [3.8, 4) is 0 Å². The first-order chi connectivity index (χ1) is 35.0. The van der Waals surface area contributed by atoms with Gasteiger partial charge in [0.2, 0.25) is 5.91 Å². The highest BCUT2D eigenvalue weighted by Gasteiger charge is 2.20. The molecule has 0 saturated carbocycles. The molecule has 0 aromatic rings. The minimum atomic E-state index is -0.663. The highest BCUT2D eigenvalue weighted by Crippen LogP contribution is 2.18. The first-order valence-electron chi connectivity index (χ1n) is 32.4. The van der Waals surface area contributed by atoms with E-state index >= 15 is 0 Å². The predicted octanol–water partition coefficient (Wildman–Crippen LogP) is 20.4. The lowest BCUT2D eigenvalue weighted by atomic mass is 10.0. The molecule has 0 aliphatic carbocycles. The number of carbonyl (C=O) groups is 2. The summed E-state index contributed by atoms with van der Waals surface area (Å²) >= 11 is 0. The lowest BCUT2D eigenvalue weighted by Gasteiger charge is -2.22. The number of aliphatic hydroxyl groups excluding tert-OH is 2. The van der Waals surface area contributed by atoms with E-state index in [1.54, 1.807) is 0 Å². The van der Waals surface area contributed by atoms with Crippen LogP contribution in [0.25, 0.3) is 0 Å². The number of allylic oxidation sites excluding steroid dienone is 2. The average Bonchev–Trinajstić information content (AvgIpc) is 3.37. The molecule has 0 spiro atoms. The molecule has 2 atom stereocenters. The summed E-state index contributed by atoms with van der Waals surface area (Å²) in [6.45, 7) is 4.97. The molecule has 1 amide bonds. The van der Waals surface area contributed by atoms with Crippen LogP contribution in [0.2, 0.25) is 0 Å². The van der Waals surface area contributed by atoms with Gasteiger partial charge in [-0.05, 0) is 51.4 Å². The van der Waals surface area contributed by atoms with E-state index in [9.17, 15) is 19.8 Å². The lowest BCUT2D eigenvalue weighted by Crippen LogP contribution is -2.45. The molecule has 0 saturated heterocycles. The van der Waals surface area contributed by atoms with Gasteiger partial charge in [0.1, 0.15) is 0 Å². The van der Waals surface area contributed by atoms with Crippen molar-refractivity contribution in [2.75, 3.05) is 13.2 Å². The quantitative estimate of drug-likeness (QED) is 0.0320. The van der Waals surface area contributed by atoms with Crippen LogP contribution in [0.3, 0.4) is 0 Å². The topological polar surface area (TPSA) is 95.9 Å². The summed E-state index contributed by atoms with van der Waals surface area (Å²) in [6, 6.07) is -0.541. The third-order valence-electron chi connectivity index (χ3n) is 15.3. The summed E-state index contributed by atoms with van der Waals surface area (Å²) in [5.41, 5.74) is 0. The molecule has 0 aliphatic heterocycles. The molecule has 0 radical (unpaired) electrons. The van der Waals surface area contributed by atoms with Crippen molar-refractivity contribution in [3.63, 3.8) is 0 Å². The molecule has 0 aromatic heterocycles. The monoisotopic (exact) mass is 1000 g/mol. The van der Waals surface area contributed by atoms with E-state index < -0.39 is 12.1 Å². The molecule has 0 aliphatic rings. The fourth-order valence-corrected chi connectivity index (χ4v) is 10.3. The van der Waals surface area contributed by atoms with Crippen LogP contribution in [0.1, 0.15) is 367 Å². The molecule has 0 fully saturated rings. The van der Waals surface area contributed by atoms with Crippen molar-refractivity contribution < 1.29 is 24.5 Å². The number of hydrogen-bond acceptors (Lipinski definition) is 5. The number of carbonyl (C=O) groups excluding carboxylic acids is 2. The van der Waals surface area contributed by atoms with Crippen LogP contribution in [0.5, 0.6) is 0 Å². The average molecular weight is 1000 g/mol. The number of aliphatic hydroxyl groups is 2. The maximum atomic E-state index is 12.4. The van der Waals surface area contributed by atoms with Crippen LogP contribution in [0.15, 0.2) is 12.2 Å². The molecular formula is C65H127NO5. The molecule has 0 bridgehead atoms. The smallest absolute Gasteiger partial charge is 0.305 e. The van der Waals surface area contributed by atoms with Gasteiger partial charge in [-0.25, -0.2) is 0 Å². The van der Waals surface area contributed by atoms with E-state index in [1.165, 1.54) is 295 Å². The van der Waals surface area contributed by atoms with E-state index in [0.29, 0.717) is 25.9 Å². The second-order valence-electron chi connectivity index (χ2n) is 22.5. The van der Waals surface area contributed by atoms with Crippen LogP contribution < -0.4 is 5.32 Å². The van der Waals surface area contributed by atoms with Crippen molar-refractivity contribution >= 4 is 11.9 Å². The first kappa shape index (κ1) is 69.6. The Bertz CT molecular complexity index is 1060. The lowest BCUT2D eigenvalue weighted by molar-refractivity contribution is -0.143. The van der Waals surface area contributed by atoms with E-state index in [1.807, 2.05) is 0 Å². The van der Waals surface area contributed by atoms with E-state index in [-0.39, 0.29) is 18.5 Å². The van der Waals surface area contributed by atoms with Crippen molar-refractivity contribution in [1.82, 2.24) is 5.32 Å². The number of nitrogens with one attached hydrogen (secondary N) is 1. The van der Waals surface area contributed by atoms with Gasteiger partial charge in [-0.2, -0.15) is 0 Å². The van der Waals surface area contributed by atoms with Gasteiger partial charge in [0.05, 0.1) is 25.4 Å². The maximum absolute atomic E-state index is 12.4. The molecule has 6 nitrogen and oxygen atoms in total. The Balaban J connectivity index is 3.34. The predicted molar refractivity (Wildman–Crippen MR) is 310 cm³/mol. The summed E-state index contributed by atoms with van der Waals surface area (Å²) in [5.74, 6) is -0.0192. The minimum absolute atomic E-state index is 0.0189. The van der Waals surface area contributed by atoms with Crippen molar-refractivity contribution in [2.45, 2.75) is 379 Å². The van der Waals surface area contributed by atoms with Crippen LogP contribution >= 0.6 is 0 Å². The van der Waals surface area contributed by atoms with Gasteiger partial charge in [0, 0.05) is 12.8 Å². The van der Waals surface area contributed by atoms with Gasteiger partial charge in [0.25, 0.3) is 0 Å². The van der Waals surface area contributed by atoms with E-state index in [2.05, 4.69) is 31.3 Å². The van der Waals surface area contributed by atoms with E-state index in [4.69, 9.17) is 4.74 Å². The number of unbranched alkanes of at least 4 members (excludes halogenated alkanes) is 48. The van der Waals surface area contributed by atoms with Crippen molar-refractivity contribution in [2.24, 2.45) is 0 Å². The Morgan fingerprint density at radius 1 is 0.380 bits per heavy atom. The number of amides is 1. The number of esters is 1.